The predicted molar refractivity (Wildman–Crippen MR) is 101 cm³/mol. The van der Waals surface area contributed by atoms with E-state index in [1.54, 1.807) is 0 Å². The molecule has 2 rings (SSSR count). The first-order valence-electron chi connectivity index (χ1n) is 8.83. The van der Waals surface area contributed by atoms with Gasteiger partial charge < -0.3 is 19.5 Å². The lowest BCUT2D eigenvalue weighted by molar-refractivity contribution is -0.142. The third-order valence-corrected chi connectivity index (χ3v) is 4.04. The number of rotatable bonds is 9. The zero-order valence-corrected chi connectivity index (χ0v) is 15.4. The monoisotopic (exact) mass is 371 g/mol. The maximum atomic E-state index is 12.5. The Labute approximate surface area is 159 Å². The first-order chi connectivity index (χ1) is 13.1. The van der Waals surface area contributed by atoms with E-state index < -0.39 is 18.2 Å². The molecule has 0 saturated carbocycles. The van der Waals surface area contributed by atoms with Gasteiger partial charge in [-0.05, 0) is 17.5 Å². The largest absolute Gasteiger partial charge is 0.469 e. The molecule has 6 heteroatoms. The topological polar surface area (TPSA) is 76.1 Å². The number of amides is 1. The molecule has 0 aliphatic carbocycles. The molecule has 2 aromatic rings. The quantitative estimate of drug-likeness (QED) is 0.686. The molecule has 0 aliphatic rings. The van der Waals surface area contributed by atoms with Gasteiger partial charge in [0.2, 0.25) is 0 Å². The van der Waals surface area contributed by atoms with Crippen LogP contribution in [0.2, 0.25) is 0 Å². The van der Waals surface area contributed by atoms with E-state index in [0.717, 1.165) is 11.1 Å². The molecule has 0 spiro atoms. The van der Waals surface area contributed by atoms with Crippen molar-refractivity contribution in [2.24, 2.45) is 0 Å². The van der Waals surface area contributed by atoms with Crippen molar-refractivity contribution in [2.75, 3.05) is 13.7 Å². The van der Waals surface area contributed by atoms with Crippen LogP contribution in [-0.4, -0.2) is 41.8 Å². The van der Waals surface area contributed by atoms with E-state index in [1.165, 1.54) is 12.0 Å². The average molecular weight is 371 g/mol. The lowest BCUT2D eigenvalue weighted by Gasteiger charge is -2.23. The highest BCUT2D eigenvalue weighted by atomic mass is 16.6. The van der Waals surface area contributed by atoms with Crippen LogP contribution >= 0.6 is 0 Å². The van der Waals surface area contributed by atoms with Gasteiger partial charge in [0.15, 0.2) is 0 Å². The molecule has 6 nitrogen and oxygen atoms in total. The van der Waals surface area contributed by atoms with Crippen LogP contribution in [0.5, 0.6) is 0 Å². The number of methoxy groups -OCH3 is 1. The molecule has 1 amide bonds. The molecule has 1 N–H and O–H groups in total. The summed E-state index contributed by atoms with van der Waals surface area (Å²) < 4.78 is 9.96. The lowest BCUT2D eigenvalue weighted by Crippen LogP contribution is -2.34. The number of aliphatic hydroxyl groups excluding tert-OH is 1. The van der Waals surface area contributed by atoms with Crippen LogP contribution in [0.3, 0.4) is 0 Å². The van der Waals surface area contributed by atoms with Crippen molar-refractivity contribution in [3.05, 3.63) is 71.8 Å². The van der Waals surface area contributed by atoms with Gasteiger partial charge in [0.25, 0.3) is 0 Å². The van der Waals surface area contributed by atoms with Crippen LogP contribution < -0.4 is 0 Å². The fourth-order valence-corrected chi connectivity index (χ4v) is 2.53. The van der Waals surface area contributed by atoms with Gasteiger partial charge in [0.1, 0.15) is 6.61 Å². The summed E-state index contributed by atoms with van der Waals surface area (Å²) in [5.74, 6) is -0.483. The van der Waals surface area contributed by atoms with Crippen molar-refractivity contribution in [1.82, 2.24) is 4.90 Å². The van der Waals surface area contributed by atoms with Gasteiger partial charge in [0, 0.05) is 13.1 Å². The van der Waals surface area contributed by atoms with Crippen LogP contribution in [0, 0.1) is 0 Å². The second kappa shape index (κ2) is 11.0. The number of hydrogen-bond donors (Lipinski definition) is 1. The van der Waals surface area contributed by atoms with E-state index in [4.69, 9.17) is 4.74 Å². The number of aliphatic hydroxyl groups is 1. The standard InChI is InChI=1S/C21H25NO5/c1-26-20(24)14-19(23)12-13-22(15-17-8-4-2-5-9-17)21(25)27-16-18-10-6-3-7-11-18/h2-11,19,23H,12-16H2,1H3. The summed E-state index contributed by atoms with van der Waals surface area (Å²) in [6.45, 7) is 0.801. The maximum Gasteiger partial charge on any atom is 0.410 e. The van der Waals surface area contributed by atoms with E-state index in [-0.39, 0.29) is 26.0 Å². The summed E-state index contributed by atoms with van der Waals surface area (Å²) in [5.41, 5.74) is 1.85. The molecular formula is C21H25NO5. The number of hydrogen-bond acceptors (Lipinski definition) is 5. The van der Waals surface area contributed by atoms with E-state index in [2.05, 4.69) is 4.74 Å². The van der Waals surface area contributed by atoms with Gasteiger partial charge in [0.05, 0.1) is 19.6 Å². The van der Waals surface area contributed by atoms with Gasteiger partial charge >= 0.3 is 12.1 Å². The fourth-order valence-electron chi connectivity index (χ4n) is 2.53. The molecule has 0 heterocycles. The Morgan fingerprint density at radius 2 is 1.59 bits per heavy atom. The molecular weight excluding hydrogens is 346 g/mol. The first kappa shape index (κ1) is 20.5. The predicted octanol–water partition coefficient (Wildman–Crippen LogP) is 3.14. The Morgan fingerprint density at radius 1 is 1.00 bits per heavy atom. The van der Waals surface area contributed by atoms with Crippen LogP contribution in [0.15, 0.2) is 60.7 Å². The summed E-state index contributed by atoms with van der Waals surface area (Å²) in [6, 6.07) is 19.0. The van der Waals surface area contributed by atoms with Crippen LogP contribution in [0.1, 0.15) is 24.0 Å². The number of esters is 1. The minimum Gasteiger partial charge on any atom is -0.469 e. The van der Waals surface area contributed by atoms with Crippen molar-refractivity contribution in [2.45, 2.75) is 32.1 Å². The van der Waals surface area contributed by atoms with Crippen LogP contribution in [0.25, 0.3) is 0 Å². The number of carbonyl (C=O) groups is 2. The summed E-state index contributed by atoms with van der Waals surface area (Å²) in [7, 11) is 1.28. The summed E-state index contributed by atoms with van der Waals surface area (Å²) in [4.78, 5) is 25.3. The van der Waals surface area contributed by atoms with Crippen molar-refractivity contribution in [3.63, 3.8) is 0 Å². The minimum atomic E-state index is -0.877. The van der Waals surface area contributed by atoms with Gasteiger partial charge in [-0.1, -0.05) is 60.7 Å². The third-order valence-electron chi connectivity index (χ3n) is 4.04. The maximum absolute atomic E-state index is 12.5. The van der Waals surface area contributed by atoms with Crippen LogP contribution in [0.4, 0.5) is 4.79 Å². The summed E-state index contributed by atoms with van der Waals surface area (Å²) in [6.07, 6.45) is -1.19. The second-order valence-electron chi connectivity index (χ2n) is 6.17. The summed E-state index contributed by atoms with van der Waals surface area (Å²) >= 11 is 0. The molecule has 27 heavy (non-hydrogen) atoms. The van der Waals surface area contributed by atoms with E-state index in [0.29, 0.717) is 6.54 Å². The number of ether oxygens (including phenoxy) is 2. The number of carbonyl (C=O) groups excluding carboxylic acids is 2. The Kier molecular flexibility index (Phi) is 8.32. The van der Waals surface area contributed by atoms with Crippen molar-refractivity contribution in [1.29, 1.82) is 0 Å². The van der Waals surface area contributed by atoms with E-state index in [1.807, 2.05) is 60.7 Å². The fraction of sp³-hybridized carbons (Fsp3) is 0.333. The van der Waals surface area contributed by atoms with E-state index in [9.17, 15) is 14.7 Å². The molecule has 1 unspecified atom stereocenters. The van der Waals surface area contributed by atoms with Crippen molar-refractivity contribution >= 4 is 12.1 Å². The van der Waals surface area contributed by atoms with Crippen LogP contribution in [-0.2, 0) is 27.4 Å². The average Bonchev–Trinajstić information content (AvgIpc) is 2.70. The zero-order valence-electron chi connectivity index (χ0n) is 15.4. The molecule has 0 aromatic heterocycles. The molecule has 0 bridgehead atoms. The van der Waals surface area contributed by atoms with Gasteiger partial charge in [-0.3, -0.25) is 4.79 Å². The Morgan fingerprint density at radius 3 is 2.19 bits per heavy atom. The molecule has 0 saturated heterocycles. The highest BCUT2D eigenvalue weighted by molar-refractivity contribution is 5.70. The SMILES string of the molecule is COC(=O)CC(O)CCN(Cc1ccccc1)C(=O)OCc1ccccc1. The molecule has 0 aliphatic heterocycles. The van der Waals surface area contributed by atoms with E-state index >= 15 is 0 Å². The number of nitrogens with zero attached hydrogens (tertiary/aromatic N) is 1. The Balaban J connectivity index is 1.95. The van der Waals surface area contributed by atoms with Gasteiger partial charge in [-0.25, -0.2) is 4.79 Å². The summed E-state index contributed by atoms with van der Waals surface area (Å²) in [5, 5.41) is 9.98. The number of benzene rings is 2. The normalized spacial score (nSPS) is 11.5. The minimum absolute atomic E-state index is 0.102. The third kappa shape index (κ3) is 7.50. The molecule has 144 valence electrons. The van der Waals surface area contributed by atoms with Crippen molar-refractivity contribution < 1.29 is 24.2 Å². The molecule has 1 atom stereocenters. The second-order valence-corrected chi connectivity index (χ2v) is 6.17. The van der Waals surface area contributed by atoms with Crippen molar-refractivity contribution in [3.8, 4) is 0 Å². The molecule has 0 fully saturated rings. The Hall–Kier alpha value is -2.86. The van der Waals surface area contributed by atoms with Gasteiger partial charge in [-0.2, -0.15) is 0 Å². The molecule has 0 radical (unpaired) electrons. The highest BCUT2D eigenvalue weighted by Crippen LogP contribution is 2.11. The first-order valence-corrected chi connectivity index (χ1v) is 8.83. The zero-order chi connectivity index (χ0) is 19.5. The smallest absolute Gasteiger partial charge is 0.410 e. The highest BCUT2D eigenvalue weighted by Gasteiger charge is 2.19. The van der Waals surface area contributed by atoms with Gasteiger partial charge in [-0.15, -0.1) is 0 Å². The Bertz CT molecular complexity index is 705. The lowest BCUT2D eigenvalue weighted by atomic mass is 10.1. The molecule has 2 aromatic carbocycles.